The molecule has 8 nitrogen and oxygen atoms in total. The number of nitrogens with one attached hydrogen (secondary N) is 1. The smallest absolute Gasteiger partial charge is 0.341 e. The van der Waals surface area contributed by atoms with Crippen LogP contribution in [0.15, 0.2) is 48.5 Å². The maximum atomic E-state index is 12.5. The summed E-state index contributed by atoms with van der Waals surface area (Å²) in [5.41, 5.74) is 1.24. The molecule has 0 aliphatic heterocycles. The lowest BCUT2D eigenvalue weighted by Gasteiger charge is -2.21. The van der Waals surface area contributed by atoms with Gasteiger partial charge in [0.15, 0.2) is 6.61 Å². The largest absolute Gasteiger partial charge is 0.452 e. The lowest BCUT2D eigenvalue weighted by Crippen LogP contribution is -2.33. The van der Waals surface area contributed by atoms with E-state index >= 15 is 0 Å². The van der Waals surface area contributed by atoms with E-state index in [2.05, 4.69) is 19.2 Å². The van der Waals surface area contributed by atoms with Crippen molar-refractivity contribution in [3.8, 4) is 0 Å². The first-order valence-electron chi connectivity index (χ1n) is 9.66. The number of non-ortho nitro benzene ring substituents is 1. The Morgan fingerprint density at radius 1 is 1.13 bits per heavy atom. The van der Waals surface area contributed by atoms with E-state index in [1.807, 2.05) is 30.3 Å². The Hall–Kier alpha value is -3.42. The van der Waals surface area contributed by atoms with Gasteiger partial charge >= 0.3 is 5.97 Å². The summed E-state index contributed by atoms with van der Waals surface area (Å²) in [4.78, 5) is 37.1. The summed E-state index contributed by atoms with van der Waals surface area (Å²) in [7, 11) is 3.42. The molecule has 1 atom stereocenters. The summed E-state index contributed by atoms with van der Waals surface area (Å²) < 4.78 is 5.16. The Kier molecular flexibility index (Phi) is 7.91. The SMILES string of the molecule is CC(C)C[C@H](NC(=O)COC(=O)c1cc([N+](=O)[O-])ccc1N(C)C)c1ccccc1. The van der Waals surface area contributed by atoms with Crippen LogP contribution in [-0.4, -0.2) is 37.5 Å². The van der Waals surface area contributed by atoms with E-state index in [-0.39, 0.29) is 17.3 Å². The molecule has 1 amide bonds. The van der Waals surface area contributed by atoms with Gasteiger partial charge < -0.3 is 15.0 Å². The van der Waals surface area contributed by atoms with Crippen molar-refractivity contribution in [2.24, 2.45) is 5.92 Å². The molecule has 0 bridgehead atoms. The highest BCUT2D eigenvalue weighted by molar-refractivity contribution is 5.97. The molecule has 2 rings (SSSR count). The lowest BCUT2D eigenvalue weighted by molar-refractivity contribution is -0.384. The Bertz CT molecular complexity index is 897. The monoisotopic (exact) mass is 413 g/mol. The minimum Gasteiger partial charge on any atom is -0.452 e. The Morgan fingerprint density at radius 2 is 1.80 bits per heavy atom. The van der Waals surface area contributed by atoms with Crippen LogP contribution in [0.25, 0.3) is 0 Å². The predicted molar refractivity (Wildman–Crippen MR) is 114 cm³/mol. The second-order valence-corrected chi connectivity index (χ2v) is 7.59. The molecule has 0 aliphatic carbocycles. The number of nitro groups is 1. The third kappa shape index (κ3) is 6.30. The average molecular weight is 413 g/mol. The first-order chi connectivity index (χ1) is 14.2. The number of hydrogen-bond donors (Lipinski definition) is 1. The third-order valence-corrected chi connectivity index (χ3v) is 4.47. The molecule has 0 radical (unpaired) electrons. The number of carbonyl (C=O) groups is 2. The Labute approximate surface area is 176 Å². The molecule has 0 aliphatic rings. The highest BCUT2D eigenvalue weighted by Gasteiger charge is 2.21. The number of rotatable bonds is 9. The van der Waals surface area contributed by atoms with Crippen molar-refractivity contribution in [2.45, 2.75) is 26.3 Å². The number of hydrogen-bond acceptors (Lipinski definition) is 6. The summed E-state index contributed by atoms with van der Waals surface area (Å²) >= 11 is 0. The van der Waals surface area contributed by atoms with Crippen molar-refractivity contribution in [3.63, 3.8) is 0 Å². The highest BCUT2D eigenvalue weighted by atomic mass is 16.6. The van der Waals surface area contributed by atoms with Crippen molar-refractivity contribution in [3.05, 3.63) is 69.8 Å². The van der Waals surface area contributed by atoms with Crippen LogP contribution in [0.1, 0.15) is 42.2 Å². The number of esters is 1. The number of carbonyl (C=O) groups excluding carboxylic acids is 2. The zero-order valence-electron chi connectivity index (χ0n) is 17.6. The highest BCUT2D eigenvalue weighted by Crippen LogP contribution is 2.25. The number of nitrogens with zero attached hydrogens (tertiary/aromatic N) is 2. The van der Waals surface area contributed by atoms with Gasteiger partial charge in [-0.2, -0.15) is 0 Å². The number of ether oxygens (including phenoxy) is 1. The normalized spacial score (nSPS) is 11.6. The molecule has 0 aromatic heterocycles. The fraction of sp³-hybridized carbons (Fsp3) is 0.364. The van der Waals surface area contributed by atoms with Gasteiger partial charge in [0.2, 0.25) is 0 Å². The zero-order chi connectivity index (χ0) is 22.3. The van der Waals surface area contributed by atoms with Crippen LogP contribution in [0, 0.1) is 16.0 Å². The second kappa shape index (κ2) is 10.4. The van der Waals surface area contributed by atoms with E-state index in [0.29, 0.717) is 11.6 Å². The topological polar surface area (TPSA) is 102 Å². The molecule has 8 heteroatoms. The van der Waals surface area contributed by atoms with Crippen molar-refractivity contribution in [1.29, 1.82) is 0 Å². The Balaban J connectivity index is 2.08. The van der Waals surface area contributed by atoms with Crippen LogP contribution in [-0.2, 0) is 9.53 Å². The molecule has 0 fully saturated rings. The summed E-state index contributed by atoms with van der Waals surface area (Å²) in [6, 6.07) is 13.3. The first kappa shape index (κ1) is 22.9. The van der Waals surface area contributed by atoms with Crippen LogP contribution < -0.4 is 10.2 Å². The van der Waals surface area contributed by atoms with Crippen molar-refractivity contribution < 1.29 is 19.2 Å². The second-order valence-electron chi connectivity index (χ2n) is 7.59. The minimum absolute atomic E-state index is 0.0313. The summed E-state index contributed by atoms with van der Waals surface area (Å²) in [5.74, 6) is -0.877. The van der Waals surface area contributed by atoms with Gasteiger partial charge in [-0.05, 0) is 24.0 Å². The van der Waals surface area contributed by atoms with Crippen molar-refractivity contribution in [1.82, 2.24) is 5.32 Å². The molecule has 2 aromatic rings. The zero-order valence-corrected chi connectivity index (χ0v) is 17.6. The molecule has 0 unspecified atom stereocenters. The van der Waals surface area contributed by atoms with Gasteiger partial charge in [0.25, 0.3) is 11.6 Å². The van der Waals surface area contributed by atoms with Crippen molar-refractivity contribution >= 4 is 23.3 Å². The number of benzene rings is 2. The third-order valence-electron chi connectivity index (χ3n) is 4.47. The first-order valence-corrected chi connectivity index (χ1v) is 9.66. The maximum absolute atomic E-state index is 12.5. The van der Waals surface area contributed by atoms with E-state index < -0.39 is 23.4 Å². The van der Waals surface area contributed by atoms with Gasteiger partial charge in [-0.1, -0.05) is 44.2 Å². The van der Waals surface area contributed by atoms with Gasteiger partial charge in [-0.15, -0.1) is 0 Å². The maximum Gasteiger partial charge on any atom is 0.341 e. The molecule has 0 spiro atoms. The standard InChI is InChI=1S/C22H27N3O5/c1-15(2)12-19(16-8-6-5-7-9-16)23-21(26)14-30-22(27)18-13-17(25(28)29)10-11-20(18)24(3)4/h5-11,13,15,19H,12,14H2,1-4H3,(H,23,26)/t19-/m0/s1. The molecular formula is C22H27N3O5. The van der Waals surface area contributed by atoms with E-state index in [1.165, 1.54) is 12.1 Å². The van der Waals surface area contributed by atoms with Crippen LogP contribution in [0.3, 0.4) is 0 Å². The van der Waals surface area contributed by atoms with E-state index in [1.54, 1.807) is 19.0 Å². The molecule has 0 saturated heterocycles. The number of anilines is 1. The molecule has 2 aromatic carbocycles. The summed E-state index contributed by atoms with van der Waals surface area (Å²) in [6.45, 7) is 3.65. The number of amides is 1. The van der Waals surface area contributed by atoms with Gasteiger partial charge in [-0.25, -0.2) is 4.79 Å². The van der Waals surface area contributed by atoms with Crippen LogP contribution in [0.4, 0.5) is 11.4 Å². The number of nitro benzene ring substituents is 1. The fourth-order valence-corrected chi connectivity index (χ4v) is 3.07. The Morgan fingerprint density at radius 3 is 2.37 bits per heavy atom. The van der Waals surface area contributed by atoms with E-state index in [4.69, 9.17) is 4.74 Å². The molecular weight excluding hydrogens is 386 g/mol. The van der Waals surface area contributed by atoms with Gasteiger partial charge in [-0.3, -0.25) is 14.9 Å². The van der Waals surface area contributed by atoms with E-state index in [9.17, 15) is 19.7 Å². The summed E-state index contributed by atoms with van der Waals surface area (Å²) in [6.07, 6.45) is 0.735. The molecule has 160 valence electrons. The van der Waals surface area contributed by atoms with Crippen LogP contribution in [0.5, 0.6) is 0 Å². The van der Waals surface area contributed by atoms with Gasteiger partial charge in [0.1, 0.15) is 0 Å². The molecule has 0 saturated carbocycles. The average Bonchev–Trinajstić information content (AvgIpc) is 2.71. The molecule has 30 heavy (non-hydrogen) atoms. The van der Waals surface area contributed by atoms with Crippen LogP contribution >= 0.6 is 0 Å². The lowest BCUT2D eigenvalue weighted by atomic mass is 9.97. The quantitative estimate of drug-likeness (QED) is 0.382. The molecule has 1 N–H and O–H groups in total. The van der Waals surface area contributed by atoms with Gasteiger partial charge in [0.05, 0.1) is 22.2 Å². The minimum atomic E-state index is -0.794. The fourth-order valence-electron chi connectivity index (χ4n) is 3.07. The van der Waals surface area contributed by atoms with Crippen molar-refractivity contribution in [2.75, 3.05) is 25.6 Å². The van der Waals surface area contributed by atoms with Crippen LogP contribution in [0.2, 0.25) is 0 Å². The molecule has 0 heterocycles. The van der Waals surface area contributed by atoms with Gasteiger partial charge in [0, 0.05) is 26.2 Å². The summed E-state index contributed by atoms with van der Waals surface area (Å²) in [5, 5.41) is 13.9. The predicted octanol–water partition coefficient (Wildman–Crippen LogP) is 3.72. The van der Waals surface area contributed by atoms with E-state index in [0.717, 1.165) is 18.1 Å².